The molecule has 6 rings (SSSR count). The lowest BCUT2D eigenvalue weighted by molar-refractivity contribution is 1.09. The summed E-state index contributed by atoms with van der Waals surface area (Å²) in [5, 5.41) is 4.91. The topological polar surface area (TPSA) is 24.7 Å². The van der Waals surface area contributed by atoms with Gasteiger partial charge in [0.2, 0.25) is 0 Å². The third-order valence-electron chi connectivity index (χ3n) is 8.20. The molecule has 0 heterocycles. The van der Waals surface area contributed by atoms with E-state index < -0.39 is 0 Å². The number of allylic oxidation sites excluding steroid dienone is 6. The summed E-state index contributed by atoms with van der Waals surface area (Å²) < 4.78 is 0. The Morgan fingerprint density at radius 3 is 2.07 bits per heavy atom. The van der Waals surface area contributed by atoms with Crippen molar-refractivity contribution in [2.75, 3.05) is 0 Å². The average Bonchev–Trinajstić information content (AvgIpc) is 3.12. The number of benzene rings is 6. The van der Waals surface area contributed by atoms with E-state index in [0.717, 1.165) is 39.1 Å². The van der Waals surface area contributed by atoms with E-state index in [9.17, 15) is 0 Å². The Labute approximate surface area is 271 Å². The largest absolute Gasteiger partial charge is 0.279 e. The molecule has 0 bridgehead atoms. The van der Waals surface area contributed by atoms with Gasteiger partial charge in [-0.3, -0.25) is 9.98 Å². The van der Waals surface area contributed by atoms with Gasteiger partial charge >= 0.3 is 0 Å². The standard InChI is InChI=1S/C44H36N2/c1-4-6-15-32(5-2)36-19-14-20-38(28-36)43(31-45-3)44(35-26-24-34(25-27-35)33-16-8-7-9-17-33)46-30-39-29-37-18-10-11-21-40(37)42-23-13-12-22-41(39)42/h4-29,31H,2-3,30H2,1H3/b6-4-,32-15+,43-31-,46-44?. The first-order chi connectivity index (χ1) is 22.7. The summed E-state index contributed by atoms with van der Waals surface area (Å²) in [7, 11) is 0. The van der Waals surface area contributed by atoms with Gasteiger partial charge in [0.1, 0.15) is 0 Å². The van der Waals surface area contributed by atoms with Crippen LogP contribution in [-0.4, -0.2) is 12.4 Å². The van der Waals surface area contributed by atoms with Crippen LogP contribution in [0.3, 0.4) is 0 Å². The highest BCUT2D eigenvalue weighted by molar-refractivity contribution is 6.32. The van der Waals surface area contributed by atoms with E-state index in [2.05, 4.69) is 152 Å². The molecule has 0 atom stereocenters. The molecule has 2 heteroatoms. The van der Waals surface area contributed by atoms with Crippen molar-refractivity contribution in [3.8, 4) is 11.1 Å². The van der Waals surface area contributed by atoms with Crippen LogP contribution in [0, 0.1) is 0 Å². The van der Waals surface area contributed by atoms with Crippen molar-refractivity contribution in [3.05, 3.63) is 193 Å². The van der Waals surface area contributed by atoms with Gasteiger partial charge in [-0.25, -0.2) is 0 Å². The highest BCUT2D eigenvalue weighted by Gasteiger charge is 2.15. The molecule has 2 nitrogen and oxygen atoms in total. The molecule has 6 aromatic carbocycles. The second-order valence-corrected chi connectivity index (χ2v) is 11.1. The molecule has 0 unspecified atom stereocenters. The van der Waals surface area contributed by atoms with Crippen LogP contribution in [-0.2, 0) is 6.54 Å². The highest BCUT2D eigenvalue weighted by Crippen LogP contribution is 2.31. The lowest BCUT2D eigenvalue weighted by atomic mass is 9.92. The third-order valence-corrected chi connectivity index (χ3v) is 8.20. The number of nitrogens with zero attached hydrogens (tertiary/aromatic N) is 2. The molecule has 0 aliphatic heterocycles. The van der Waals surface area contributed by atoms with Crippen LogP contribution < -0.4 is 0 Å². The highest BCUT2D eigenvalue weighted by atomic mass is 14.7. The van der Waals surface area contributed by atoms with Crippen molar-refractivity contribution < 1.29 is 0 Å². The molecule has 0 aromatic heterocycles. The van der Waals surface area contributed by atoms with E-state index in [4.69, 9.17) is 4.99 Å². The lowest BCUT2D eigenvalue weighted by Crippen LogP contribution is -2.06. The zero-order chi connectivity index (χ0) is 31.7. The molecule has 0 fully saturated rings. The van der Waals surface area contributed by atoms with Crippen LogP contribution in [0.25, 0.3) is 43.8 Å². The molecule has 0 aliphatic carbocycles. The van der Waals surface area contributed by atoms with Gasteiger partial charge in [-0.1, -0.05) is 152 Å². The van der Waals surface area contributed by atoms with Crippen LogP contribution in [0.2, 0.25) is 0 Å². The Bertz CT molecular complexity index is 2140. The molecule has 0 saturated carbocycles. The molecule has 0 radical (unpaired) electrons. The fourth-order valence-electron chi connectivity index (χ4n) is 5.92. The van der Waals surface area contributed by atoms with Gasteiger partial charge in [-0.15, -0.1) is 0 Å². The van der Waals surface area contributed by atoms with E-state index in [-0.39, 0.29) is 0 Å². The quantitative estimate of drug-likeness (QED) is 0.0859. The summed E-state index contributed by atoms with van der Waals surface area (Å²) >= 11 is 0. The van der Waals surface area contributed by atoms with Crippen LogP contribution in [0.15, 0.2) is 181 Å². The summed E-state index contributed by atoms with van der Waals surface area (Å²) in [6, 6.07) is 47.0. The second kappa shape index (κ2) is 14.3. The zero-order valence-corrected chi connectivity index (χ0v) is 26.1. The smallest absolute Gasteiger partial charge is 0.0744 e. The maximum atomic E-state index is 5.38. The van der Waals surface area contributed by atoms with Gasteiger partial charge in [-0.05, 0) is 80.7 Å². The molecule has 0 N–H and O–H groups in total. The van der Waals surface area contributed by atoms with Crippen LogP contribution in [0.4, 0.5) is 0 Å². The summed E-state index contributed by atoms with van der Waals surface area (Å²) in [5.74, 6) is 0. The van der Waals surface area contributed by atoms with Gasteiger partial charge in [-0.2, -0.15) is 0 Å². The molecular formula is C44H36N2. The zero-order valence-electron chi connectivity index (χ0n) is 26.1. The minimum absolute atomic E-state index is 0.508. The first-order valence-corrected chi connectivity index (χ1v) is 15.5. The summed E-state index contributed by atoms with van der Waals surface area (Å²) in [6.07, 6.45) is 9.83. The van der Waals surface area contributed by atoms with Gasteiger partial charge in [0.25, 0.3) is 0 Å². The van der Waals surface area contributed by atoms with Crippen molar-refractivity contribution in [1.29, 1.82) is 0 Å². The minimum atomic E-state index is 0.508. The molecule has 6 aromatic rings. The predicted molar refractivity (Wildman–Crippen MR) is 201 cm³/mol. The number of rotatable bonds is 10. The lowest BCUT2D eigenvalue weighted by Gasteiger charge is -2.15. The molecular weight excluding hydrogens is 556 g/mol. The molecule has 222 valence electrons. The van der Waals surface area contributed by atoms with E-state index >= 15 is 0 Å². The maximum absolute atomic E-state index is 5.38. The van der Waals surface area contributed by atoms with Gasteiger partial charge < -0.3 is 0 Å². The molecule has 0 amide bonds. The number of hydrogen-bond acceptors (Lipinski definition) is 2. The fourth-order valence-corrected chi connectivity index (χ4v) is 5.92. The average molecular weight is 593 g/mol. The van der Waals surface area contributed by atoms with Crippen LogP contribution >= 0.6 is 0 Å². The van der Waals surface area contributed by atoms with E-state index in [1.165, 1.54) is 32.7 Å². The van der Waals surface area contributed by atoms with E-state index in [1.54, 1.807) is 0 Å². The van der Waals surface area contributed by atoms with Crippen LogP contribution in [0.1, 0.15) is 29.2 Å². The van der Waals surface area contributed by atoms with Gasteiger partial charge in [0, 0.05) is 17.3 Å². The van der Waals surface area contributed by atoms with E-state index in [1.807, 2.05) is 37.4 Å². The SMILES string of the molecule is C=C/C(=C\C=C/C)c1cccc(/C(=C/N=C)C(=NCc2cc3ccccc3c3ccccc23)c2ccc(-c3ccccc3)cc2)c1. The molecule has 0 spiro atoms. The number of hydrogen-bond donors (Lipinski definition) is 0. The normalized spacial score (nSPS) is 12.6. The minimum Gasteiger partial charge on any atom is -0.279 e. The Hall–Kier alpha value is -5.86. The van der Waals surface area contributed by atoms with Crippen molar-refractivity contribution in [3.63, 3.8) is 0 Å². The van der Waals surface area contributed by atoms with Crippen molar-refractivity contribution in [1.82, 2.24) is 0 Å². The van der Waals surface area contributed by atoms with Gasteiger partial charge in [0.05, 0.1) is 12.3 Å². The van der Waals surface area contributed by atoms with E-state index in [0.29, 0.717) is 6.54 Å². The first-order valence-electron chi connectivity index (χ1n) is 15.5. The summed E-state index contributed by atoms with van der Waals surface area (Å²) in [5.41, 5.74) is 9.41. The number of aliphatic imine (C=N–C) groups is 2. The molecule has 46 heavy (non-hydrogen) atoms. The van der Waals surface area contributed by atoms with Crippen molar-refractivity contribution in [2.45, 2.75) is 13.5 Å². The first kappa shape index (κ1) is 30.2. The number of fused-ring (bicyclic) bond motifs is 3. The van der Waals surface area contributed by atoms with Crippen molar-refractivity contribution >= 4 is 45.1 Å². The van der Waals surface area contributed by atoms with Gasteiger partial charge in [0.15, 0.2) is 0 Å². The Morgan fingerprint density at radius 1 is 0.652 bits per heavy atom. The molecule has 0 aliphatic rings. The Morgan fingerprint density at radius 2 is 1.33 bits per heavy atom. The Balaban J connectivity index is 1.50. The van der Waals surface area contributed by atoms with Crippen LogP contribution in [0.5, 0.6) is 0 Å². The third kappa shape index (κ3) is 6.47. The summed E-state index contributed by atoms with van der Waals surface area (Å²) in [6.45, 7) is 10.4. The van der Waals surface area contributed by atoms with Crippen molar-refractivity contribution in [2.24, 2.45) is 9.98 Å². The fraction of sp³-hybridized carbons (Fsp3) is 0.0455. The monoisotopic (exact) mass is 592 g/mol. The predicted octanol–water partition coefficient (Wildman–Crippen LogP) is 11.5. The maximum Gasteiger partial charge on any atom is 0.0744 e. The molecule has 0 saturated heterocycles. The second-order valence-electron chi connectivity index (χ2n) is 11.1. The Kier molecular flexibility index (Phi) is 9.37. The summed E-state index contributed by atoms with van der Waals surface area (Å²) in [4.78, 5) is 9.65.